The first-order valence-corrected chi connectivity index (χ1v) is 7.62. The van der Waals surface area contributed by atoms with Gasteiger partial charge in [-0.05, 0) is 23.8 Å². The predicted molar refractivity (Wildman–Crippen MR) is 80.3 cm³/mol. The van der Waals surface area contributed by atoms with Crippen LogP contribution < -0.4 is 4.74 Å². The highest BCUT2D eigenvalue weighted by Gasteiger charge is 2.12. The number of benzene rings is 1. The molecule has 0 radical (unpaired) electrons. The lowest BCUT2D eigenvalue weighted by Crippen LogP contribution is -2.10. The number of hydrogen-bond donors (Lipinski definition) is 0. The van der Waals surface area contributed by atoms with Crippen LogP contribution in [0.15, 0.2) is 24.3 Å². The Morgan fingerprint density at radius 1 is 1.26 bits per heavy atom. The standard InChI is InChI=1S/C15H22O3S/c1-12(2)10-19-11-14(16)13-6-4-5-7-15(13)18-9-8-17-3/h4-7,12H,8-11H2,1-3H3. The lowest BCUT2D eigenvalue weighted by Gasteiger charge is -2.10. The van der Waals surface area contributed by atoms with E-state index in [0.717, 1.165) is 5.75 Å². The molecule has 0 fully saturated rings. The quantitative estimate of drug-likeness (QED) is 0.514. The highest BCUT2D eigenvalue weighted by molar-refractivity contribution is 7.99. The minimum absolute atomic E-state index is 0.124. The molecule has 1 rings (SSSR count). The van der Waals surface area contributed by atoms with Crippen molar-refractivity contribution in [2.45, 2.75) is 13.8 Å². The van der Waals surface area contributed by atoms with E-state index in [-0.39, 0.29) is 5.78 Å². The summed E-state index contributed by atoms with van der Waals surface area (Å²) in [5.74, 6) is 2.88. The van der Waals surface area contributed by atoms with Crippen molar-refractivity contribution in [2.24, 2.45) is 5.92 Å². The van der Waals surface area contributed by atoms with Crippen LogP contribution in [0.25, 0.3) is 0 Å². The molecule has 0 spiro atoms. The van der Waals surface area contributed by atoms with Gasteiger partial charge in [0.05, 0.1) is 17.9 Å². The van der Waals surface area contributed by atoms with Gasteiger partial charge in [0.15, 0.2) is 5.78 Å². The molecule has 0 heterocycles. The number of hydrogen-bond acceptors (Lipinski definition) is 4. The van der Waals surface area contributed by atoms with Crippen LogP contribution in [0, 0.1) is 5.92 Å². The van der Waals surface area contributed by atoms with Crippen LogP contribution in [0.4, 0.5) is 0 Å². The van der Waals surface area contributed by atoms with E-state index < -0.39 is 0 Å². The Morgan fingerprint density at radius 2 is 2.00 bits per heavy atom. The van der Waals surface area contributed by atoms with Gasteiger partial charge in [-0.2, -0.15) is 11.8 Å². The fourth-order valence-corrected chi connectivity index (χ4v) is 2.45. The van der Waals surface area contributed by atoms with Crippen LogP contribution in [0.1, 0.15) is 24.2 Å². The van der Waals surface area contributed by atoms with Crippen LogP contribution in [0.5, 0.6) is 5.75 Å². The normalized spacial score (nSPS) is 10.7. The maximum atomic E-state index is 12.1. The third kappa shape index (κ3) is 6.12. The van der Waals surface area contributed by atoms with Crippen molar-refractivity contribution in [3.05, 3.63) is 29.8 Å². The molecular formula is C15H22O3S. The molecule has 1 aromatic carbocycles. The molecule has 1 aromatic rings. The molecule has 0 N–H and O–H groups in total. The van der Waals surface area contributed by atoms with Gasteiger partial charge >= 0.3 is 0 Å². The van der Waals surface area contributed by atoms with Gasteiger partial charge in [-0.1, -0.05) is 26.0 Å². The van der Waals surface area contributed by atoms with E-state index in [1.807, 2.05) is 24.3 Å². The van der Waals surface area contributed by atoms with E-state index in [2.05, 4.69) is 13.8 Å². The zero-order valence-electron chi connectivity index (χ0n) is 11.8. The Hall–Kier alpha value is -1.000. The van der Waals surface area contributed by atoms with Crippen LogP contribution in [0.3, 0.4) is 0 Å². The molecule has 4 heteroatoms. The molecular weight excluding hydrogens is 260 g/mol. The maximum Gasteiger partial charge on any atom is 0.176 e. The summed E-state index contributed by atoms with van der Waals surface area (Å²) in [7, 11) is 1.63. The van der Waals surface area contributed by atoms with Crippen LogP contribution >= 0.6 is 11.8 Å². The van der Waals surface area contributed by atoms with E-state index in [1.165, 1.54) is 0 Å². The van der Waals surface area contributed by atoms with E-state index in [4.69, 9.17) is 9.47 Å². The summed E-state index contributed by atoms with van der Waals surface area (Å²) >= 11 is 1.67. The Kier molecular flexibility index (Phi) is 7.60. The summed E-state index contributed by atoms with van der Waals surface area (Å²) in [6.45, 7) is 5.28. The Balaban J connectivity index is 2.57. The maximum absolute atomic E-state index is 12.1. The van der Waals surface area contributed by atoms with E-state index in [9.17, 15) is 4.79 Å². The summed E-state index contributed by atoms with van der Waals surface area (Å²) in [6.07, 6.45) is 0. The monoisotopic (exact) mass is 282 g/mol. The molecule has 0 atom stereocenters. The number of Topliss-reactive ketones (excluding diaryl/α,β-unsaturated/α-hetero) is 1. The van der Waals surface area contributed by atoms with Gasteiger partial charge in [-0.15, -0.1) is 0 Å². The number of methoxy groups -OCH3 is 1. The molecule has 0 unspecified atom stereocenters. The molecule has 0 aliphatic carbocycles. The van der Waals surface area contributed by atoms with E-state index in [0.29, 0.717) is 36.2 Å². The van der Waals surface area contributed by atoms with Gasteiger partial charge < -0.3 is 9.47 Å². The zero-order chi connectivity index (χ0) is 14.1. The summed E-state index contributed by atoms with van der Waals surface area (Å²) in [5.41, 5.74) is 0.662. The van der Waals surface area contributed by atoms with Crippen LogP contribution in [0.2, 0.25) is 0 Å². The molecule has 0 aliphatic heterocycles. The Morgan fingerprint density at radius 3 is 2.68 bits per heavy atom. The molecule has 19 heavy (non-hydrogen) atoms. The van der Waals surface area contributed by atoms with Crippen molar-refractivity contribution in [3.63, 3.8) is 0 Å². The second-order valence-corrected chi connectivity index (χ2v) is 5.70. The third-order valence-electron chi connectivity index (χ3n) is 2.42. The van der Waals surface area contributed by atoms with Crippen molar-refractivity contribution in [1.29, 1.82) is 0 Å². The summed E-state index contributed by atoms with van der Waals surface area (Å²) in [5, 5.41) is 0. The fourth-order valence-electron chi connectivity index (χ4n) is 1.52. The molecule has 0 amide bonds. The van der Waals surface area contributed by atoms with E-state index in [1.54, 1.807) is 18.9 Å². The number of para-hydroxylation sites is 1. The lowest BCUT2D eigenvalue weighted by atomic mass is 10.1. The largest absolute Gasteiger partial charge is 0.490 e. The van der Waals surface area contributed by atoms with Crippen molar-refractivity contribution < 1.29 is 14.3 Å². The highest BCUT2D eigenvalue weighted by Crippen LogP contribution is 2.20. The summed E-state index contributed by atoms with van der Waals surface area (Å²) in [6, 6.07) is 7.39. The minimum atomic E-state index is 0.124. The Labute approximate surface area is 119 Å². The van der Waals surface area contributed by atoms with Crippen molar-refractivity contribution in [1.82, 2.24) is 0 Å². The SMILES string of the molecule is COCCOc1ccccc1C(=O)CSCC(C)C. The van der Waals surface area contributed by atoms with Gasteiger partial charge in [-0.25, -0.2) is 0 Å². The fraction of sp³-hybridized carbons (Fsp3) is 0.533. The average molecular weight is 282 g/mol. The van der Waals surface area contributed by atoms with Gasteiger partial charge in [-0.3, -0.25) is 4.79 Å². The second kappa shape index (κ2) is 8.99. The number of ketones is 1. The smallest absolute Gasteiger partial charge is 0.176 e. The van der Waals surface area contributed by atoms with Crippen LogP contribution in [-0.2, 0) is 4.74 Å². The molecule has 0 aromatic heterocycles. The number of carbonyl (C=O) groups excluding carboxylic acids is 1. The molecule has 0 bridgehead atoms. The second-order valence-electron chi connectivity index (χ2n) is 4.67. The first-order chi connectivity index (χ1) is 9.15. The van der Waals surface area contributed by atoms with Crippen molar-refractivity contribution >= 4 is 17.5 Å². The lowest BCUT2D eigenvalue weighted by molar-refractivity contribution is 0.101. The van der Waals surface area contributed by atoms with Gasteiger partial charge in [0.25, 0.3) is 0 Å². The number of rotatable bonds is 9. The van der Waals surface area contributed by atoms with Gasteiger partial charge in [0, 0.05) is 7.11 Å². The molecule has 0 saturated carbocycles. The highest BCUT2D eigenvalue weighted by atomic mass is 32.2. The third-order valence-corrected chi connectivity index (χ3v) is 3.79. The molecule has 0 aliphatic rings. The number of thioether (sulfide) groups is 1. The van der Waals surface area contributed by atoms with Crippen molar-refractivity contribution in [3.8, 4) is 5.75 Å². The summed E-state index contributed by atoms with van der Waals surface area (Å²) < 4.78 is 10.5. The Bertz CT molecular complexity index is 391. The first-order valence-electron chi connectivity index (χ1n) is 6.47. The van der Waals surface area contributed by atoms with Crippen molar-refractivity contribution in [2.75, 3.05) is 31.8 Å². The minimum Gasteiger partial charge on any atom is -0.490 e. The van der Waals surface area contributed by atoms with Gasteiger partial charge in [0.1, 0.15) is 12.4 Å². The number of carbonyl (C=O) groups is 1. The zero-order valence-corrected chi connectivity index (χ0v) is 12.7. The van der Waals surface area contributed by atoms with Gasteiger partial charge in [0.2, 0.25) is 0 Å². The average Bonchev–Trinajstić information content (AvgIpc) is 2.39. The summed E-state index contributed by atoms with van der Waals surface area (Å²) in [4.78, 5) is 12.1. The predicted octanol–water partition coefficient (Wildman–Crippen LogP) is 3.28. The topological polar surface area (TPSA) is 35.5 Å². The first kappa shape index (κ1) is 16.1. The van der Waals surface area contributed by atoms with E-state index >= 15 is 0 Å². The molecule has 106 valence electrons. The molecule has 0 saturated heterocycles. The molecule has 3 nitrogen and oxygen atoms in total. The number of ether oxygens (including phenoxy) is 2. The van der Waals surface area contributed by atoms with Crippen LogP contribution in [-0.4, -0.2) is 37.6 Å².